The van der Waals surface area contributed by atoms with E-state index in [1.165, 1.54) is 0 Å². The van der Waals surface area contributed by atoms with Gasteiger partial charge in [-0.2, -0.15) is 13.2 Å². The zero-order valence-electron chi connectivity index (χ0n) is 9.11. The molecule has 0 aliphatic heterocycles. The summed E-state index contributed by atoms with van der Waals surface area (Å²) in [5.74, 6) is -0.672. The van der Waals surface area contributed by atoms with E-state index in [4.69, 9.17) is 5.73 Å². The second-order valence-electron chi connectivity index (χ2n) is 4.57. The van der Waals surface area contributed by atoms with E-state index in [1.807, 2.05) is 20.8 Å². The van der Waals surface area contributed by atoms with Crippen molar-refractivity contribution < 1.29 is 18.0 Å². The monoisotopic (exact) mass is 226 g/mol. The van der Waals surface area contributed by atoms with Gasteiger partial charge in [-0.1, -0.05) is 20.8 Å². The minimum Gasteiger partial charge on any atom is -0.347 e. The molecule has 90 valence electrons. The topological polar surface area (TPSA) is 55.1 Å². The number of hydrogen-bond donors (Lipinski definition) is 2. The number of amides is 1. The maximum Gasteiger partial charge on any atom is 0.405 e. The number of alkyl halides is 3. The van der Waals surface area contributed by atoms with Gasteiger partial charge in [-0.25, -0.2) is 0 Å². The van der Waals surface area contributed by atoms with E-state index < -0.39 is 24.7 Å². The van der Waals surface area contributed by atoms with Gasteiger partial charge in [0.15, 0.2) is 0 Å². The Kier molecular flexibility index (Phi) is 4.58. The van der Waals surface area contributed by atoms with E-state index in [-0.39, 0.29) is 11.8 Å². The SMILES string of the molecule is CC(C)(C)C(N)CC(=O)NCC(F)(F)F. The third-order valence-corrected chi connectivity index (χ3v) is 2.00. The van der Waals surface area contributed by atoms with Crippen LogP contribution in [0.15, 0.2) is 0 Å². The molecule has 0 radical (unpaired) electrons. The fraction of sp³-hybridized carbons (Fsp3) is 0.889. The van der Waals surface area contributed by atoms with Crippen LogP contribution in [-0.2, 0) is 4.79 Å². The molecule has 15 heavy (non-hydrogen) atoms. The first kappa shape index (κ1) is 14.2. The predicted octanol–water partition coefficient (Wildman–Crippen LogP) is 1.43. The van der Waals surface area contributed by atoms with Crippen LogP contribution in [0.2, 0.25) is 0 Å². The zero-order valence-corrected chi connectivity index (χ0v) is 9.11. The van der Waals surface area contributed by atoms with Crippen molar-refractivity contribution in [3.05, 3.63) is 0 Å². The van der Waals surface area contributed by atoms with Gasteiger partial charge in [0.25, 0.3) is 0 Å². The summed E-state index contributed by atoms with van der Waals surface area (Å²) >= 11 is 0. The number of carbonyl (C=O) groups excluding carboxylic acids is 1. The van der Waals surface area contributed by atoms with Crippen LogP contribution in [0.3, 0.4) is 0 Å². The second kappa shape index (κ2) is 4.83. The molecule has 0 aromatic heterocycles. The van der Waals surface area contributed by atoms with Gasteiger partial charge in [-0.3, -0.25) is 4.79 Å². The van der Waals surface area contributed by atoms with Crippen molar-refractivity contribution in [3.63, 3.8) is 0 Å². The van der Waals surface area contributed by atoms with Crippen molar-refractivity contribution >= 4 is 5.91 Å². The number of halogens is 3. The van der Waals surface area contributed by atoms with E-state index in [1.54, 1.807) is 5.32 Å². The Morgan fingerprint density at radius 3 is 2.13 bits per heavy atom. The number of nitrogens with one attached hydrogen (secondary N) is 1. The molecule has 3 N–H and O–H groups in total. The Hall–Kier alpha value is -0.780. The molecule has 0 rings (SSSR count). The van der Waals surface area contributed by atoms with E-state index in [0.717, 1.165) is 0 Å². The first-order valence-electron chi connectivity index (χ1n) is 4.61. The Labute approximate surface area is 87.2 Å². The van der Waals surface area contributed by atoms with Gasteiger partial charge in [-0.15, -0.1) is 0 Å². The molecule has 0 bridgehead atoms. The number of nitrogens with two attached hydrogens (primary N) is 1. The lowest BCUT2D eigenvalue weighted by atomic mass is 9.85. The zero-order chi connectivity index (χ0) is 12.3. The lowest BCUT2D eigenvalue weighted by molar-refractivity contribution is -0.138. The summed E-state index contributed by atoms with van der Waals surface area (Å²) in [6.07, 6.45) is -4.47. The molecule has 3 nitrogen and oxygen atoms in total. The Morgan fingerprint density at radius 1 is 1.33 bits per heavy atom. The average molecular weight is 226 g/mol. The van der Waals surface area contributed by atoms with Crippen LogP contribution in [0.1, 0.15) is 27.2 Å². The third-order valence-electron chi connectivity index (χ3n) is 2.00. The van der Waals surface area contributed by atoms with Crippen molar-refractivity contribution in [2.75, 3.05) is 6.54 Å². The van der Waals surface area contributed by atoms with Gasteiger partial charge in [0.05, 0.1) is 0 Å². The largest absolute Gasteiger partial charge is 0.405 e. The van der Waals surface area contributed by atoms with Gasteiger partial charge in [0, 0.05) is 12.5 Å². The molecule has 1 unspecified atom stereocenters. The first-order chi connectivity index (χ1) is 6.52. The lowest BCUT2D eigenvalue weighted by Crippen LogP contribution is -2.42. The minimum absolute atomic E-state index is 0.0976. The molecule has 0 spiro atoms. The molecule has 0 saturated heterocycles. The normalized spacial score (nSPS) is 14.9. The highest BCUT2D eigenvalue weighted by Gasteiger charge is 2.29. The molecule has 0 aromatic carbocycles. The number of rotatable bonds is 3. The maximum atomic E-state index is 11.7. The standard InChI is InChI=1S/C9H17F3N2O/c1-8(2,3)6(13)4-7(15)14-5-9(10,11)12/h6H,4-5,13H2,1-3H3,(H,14,15). The van der Waals surface area contributed by atoms with Crippen molar-refractivity contribution in [1.29, 1.82) is 0 Å². The second-order valence-corrected chi connectivity index (χ2v) is 4.57. The summed E-state index contributed by atoms with van der Waals surface area (Å²) in [5, 5.41) is 1.78. The first-order valence-corrected chi connectivity index (χ1v) is 4.61. The molecule has 0 fully saturated rings. The van der Waals surface area contributed by atoms with E-state index in [9.17, 15) is 18.0 Å². The van der Waals surface area contributed by atoms with E-state index in [0.29, 0.717) is 0 Å². The molecule has 6 heteroatoms. The molecule has 0 aromatic rings. The molecular weight excluding hydrogens is 209 g/mol. The summed E-state index contributed by atoms with van der Waals surface area (Å²) in [6.45, 7) is 4.18. The quantitative estimate of drug-likeness (QED) is 0.764. The maximum absolute atomic E-state index is 11.7. The highest BCUT2D eigenvalue weighted by atomic mass is 19.4. The van der Waals surface area contributed by atoms with E-state index in [2.05, 4.69) is 0 Å². The molecule has 0 saturated carbocycles. The molecule has 1 atom stereocenters. The minimum atomic E-state index is -4.37. The summed E-state index contributed by atoms with van der Waals surface area (Å²) in [5.41, 5.74) is 5.35. The van der Waals surface area contributed by atoms with Gasteiger partial charge in [0.2, 0.25) is 5.91 Å². The molecule has 1 amide bonds. The fourth-order valence-corrected chi connectivity index (χ4v) is 0.777. The summed E-state index contributed by atoms with van der Waals surface area (Å²) in [7, 11) is 0. The third kappa shape index (κ3) is 7.18. The van der Waals surface area contributed by atoms with Crippen LogP contribution >= 0.6 is 0 Å². The van der Waals surface area contributed by atoms with Crippen molar-refractivity contribution in [2.24, 2.45) is 11.1 Å². The van der Waals surface area contributed by atoms with Crippen LogP contribution in [0.4, 0.5) is 13.2 Å². The summed E-state index contributed by atoms with van der Waals surface area (Å²) < 4.78 is 35.2. The number of carbonyl (C=O) groups is 1. The molecule has 0 aliphatic carbocycles. The van der Waals surface area contributed by atoms with Crippen LogP contribution in [-0.4, -0.2) is 24.7 Å². The van der Waals surface area contributed by atoms with Gasteiger partial charge in [0.1, 0.15) is 6.54 Å². The van der Waals surface area contributed by atoms with Crippen LogP contribution in [0, 0.1) is 5.41 Å². The van der Waals surface area contributed by atoms with Crippen molar-refractivity contribution in [3.8, 4) is 0 Å². The van der Waals surface area contributed by atoms with E-state index >= 15 is 0 Å². The number of hydrogen-bond acceptors (Lipinski definition) is 2. The van der Waals surface area contributed by atoms with Gasteiger partial charge in [-0.05, 0) is 5.41 Å². The summed E-state index contributed by atoms with van der Waals surface area (Å²) in [4.78, 5) is 11.1. The fourth-order valence-electron chi connectivity index (χ4n) is 0.777. The van der Waals surface area contributed by atoms with Gasteiger partial charge < -0.3 is 11.1 Å². The van der Waals surface area contributed by atoms with Crippen LogP contribution in [0.25, 0.3) is 0 Å². The predicted molar refractivity (Wildman–Crippen MR) is 51.1 cm³/mol. The van der Waals surface area contributed by atoms with Crippen LogP contribution < -0.4 is 11.1 Å². The average Bonchev–Trinajstić information content (AvgIpc) is 1.97. The summed E-state index contributed by atoms with van der Waals surface area (Å²) in [6, 6.07) is -0.453. The van der Waals surface area contributed by atoms with Crippen molar-refractivity contribution in [1.82, 2.24) is 5.32 Å². The highest BCUT2D eigenvalue weighted by Crippen LogP contribution is 2.19. The smallest absolute Gasteiger partial charge is 0.347 e. The highest BCUT2D eigenvalue weighted by molar-refractivity contribution is 5.76. The Balaban J connectivity index is 3.96. The molecule has 0 aliphatic rings. The Bertz CT molecular complexity index is 220. The van der Waals surface area contributed by atoms with Crippen LogP contribution in [0.5, 0.6) is 0 Å². The molecular formula is C9H17F3N2O. The lowest BCUT2D eigenvalue weighted by Gasteiger charge is -2.26. The molecule has 0 heterocycles. The van der Waals surface area contributed by atoms with Gasteiger partial charge >= 0.3 is 6.18 Å². The van der Waals surface area contributed by atoms with Crippen molar-refractivity contribution in [2.45, 2.75) is 39.4 Å². The Morgan fingerprint density at radius 2 is 1.80 bits per heavy atom.